The molecule has 0 saturated carbocycles. The number of halogens is 6. The Labute approximate surface area is 129 Å². The van der Waals surface area contributed by atoms with Crippen molar-refractivity contribution in [2.75, 3.05) is 0 Å². The van der Waals surface area contributed by atoms with Crippen LogP contribution in [-0.2, 0) is 6.18 Å². The summed E-state index contributed by atoms with van der Waals surface area (Å²) in [5, 5.41) is -0.0244. The fourth-order valence-electron chi connectivity index (χ4n) is 1.76. The second-order valence-electron chi connectivity index (χ2n) is 4.15. The van der Waals surface area contributed by atoms with E-state index in [1.54, 1.807) is 12.1 Å². The Morgan fingerprint density at radius 1 is 0.950 bits per heavy atom. The predicted octanol–water partition coefficient (Wildman–Crippen LogP) is 6.34. The van der Waals surface area contributed by atoms with Crippen molar-refractivity contribution in [3.05, 3.63) is 69.2 Å². The minimum atomic E-state index is -4.41. The molecule has 2 aromatic rings. The van der Waals surface area contributed by atoms with Gasteiger partial charge in [0, 0.05) is 10.0 Å². The lowest BCUT2D eigenvalue weighted by molar-refractivity contribution is -0.137. The fraction of sp³-hybridized carbons (Fsp3) is 0.143. The largest absolute Gasteiger partial charge is 0.416 e. The summed E-state index contributed by atoms with van der Waals surface area (Å²) in [6, 6.07) is 9.55. The van der Waals surface area contributed by atoms with Crippen LogP contribution in [0, 0.1) is 0 Å². The van der Waals surface area contributed by atoms with Gasteiger partial charge in [-0.25, -0.2) is 0 Å². The highest BCUT2D eigenvalue weighted by molar-refractivity contribution is 6.36. The summed E-state index contributed by atoms with van der Waals surface area (Å²) in [6.45, 7) is 0. The average Bonchev–Trinajstić information content (AvgIpc) is 2.37. The molecule has 2 rings (SSSR count). The van der Waals surface area contributed by atoms with Gasteiger partial charge in [0.15, 0.2) is 0 Å². The first-order valence-electron chi connectivity index (χ1n) is 5.55. The van der Waals surface area contributed by atoms with Gasteiger partial charge in [-0.15, -0.1) is 11.6 Å². The van der Waals surface area contributed by atoms with E-state index in [1.165, 1.54) is 18.2 Å². The predicted molar refractivity (Wildman–Crippen MR) is 75.6 cm³/mol. The summed E-state index contributed by atoms with van der Waals surface area (Å²) in [6.07, 6.45) is -4.41. The molecule has 2 aromatic carbocycles. The minimum Gasteiger partial charge on any atom is -0.166 e. The van der Waals surface area contributed by atoms with Gasteiger partial charge >= 0.3 is 6.18 Å². The Morgan fingerprint density at radius 2 is 1.65 bits per heavy atom. The lowest BCUT2D eigenvalue weighted by Gasteiger charge is -2.14. The smallest absolute Gasteiger partial charge is 0.166 e. The van der Waals surface area contributed by atoms with E-state index in [0.717, 1.165) is 12.1 Å². The molecule has 0 nitrogen and oxygen atoms in total. The van der Waals surface area contributed by atoms with Crippen molar-refractivity contribution < 1.29 is 13.2 Å². The molecule has 0 aliphatic carbocycles. The highest BCUT2D eigenvalue weighted by Gasteiger charge is 2.31. The van der Waals surface area contributed by atoms with Crippen LogP contribution >= 0.6 is 34.8 Å². The standard InChI is InChI=1S/C14H8Cl3F3/c15-10-4-5-11(12(16)7-10)13(17)8-2-1-3-9(6-8)14(18,19)20/h1-7,13H. The van der Waals surface area contributed by atoms with Crippen LogP contribution in [0.4, 0.5) is 13.2 Å². The molecule has 0 radical (unpaired) electrons. The van der Waals surface area contributed by atoms with Crippen molar-refractivity contribution in [2.24, 2.45) is 0 Å². The van der Waals surface area contributed by atoms with Gasteiger partial charge in [-0.3, -0.25) is 0 Å². The van der Waals surface area contributed by atoms with Crippen LogP contribution in [-0.4, -0.2) is 0 Å². The second-order valence-corrected chi connectivity index (χ2v) is 5.43. The van der Waals surface area contributed by atoms with Crippen LogP contribution < -0.4 is 0 Å². The molecule has 0 N–H and O–H groups in total. The maximum Gasteiger partial charge on any atom is 0.416 e. The highest BCUT2D eigenvalue weighted by Crippen LogP contribution is 2.37. The quantitative estimate of drug-likeness (QED) is 0.560. The third kappa shape index (κ3) is 3.40. The zero-order valence-corrected chi connectivity index (χ0v) is 12.2. The molecule has 0 spiro atoms. The number of alkyl halides is 4. The Hall–Kier alpha value is -0.900. The highest BCUT2D eigenvalue weighted by atomic mass is 35.5. The van der Waals surface area contributed by atoms with Crippen molar-refractivity contribution in [3.63, 3.8) is 0 Å². The summed E-state index contributed by atoms with van der Waals surface area (Å²) in [5.41, 5.74) is 0.0912. The van der Waals surface area contributed by atoms with Gasteiger partial charge in [0.1, 0.15) is 0 Å². The summed E-state index contributed by atoms with van der Waals surface area (Å²) in [7, 11) is 0. The lowest BCUT2D eigenvalue weighted by Crippen LogP contribution is -2.06. The van der Waals surface area contributed by atoms with Gasteiger partial charge in [0.05, 0.1) is 10.9 Å². The molecular formula is C14H8Cl3F3. The zero-order chi connectivity index (χ0) is 14.9. The van der Waals surface area contributed by atoms with E-state index in [9.17, 15) is 13.2 Å². The van der Waals surface area contributed by atoms with E-state index in [1.807, 2.05) is 0 Å². The first-order valence-corrected chi connectivity index (χ1v) is 6.74. The van der Waals surface area contributed by atoms with Crippen LogP contribution in [0.2, 0.25) is 10.0 Å². The first kappa shape index (κ1) is 15.5. The Balaban J connectivity index is 2.41. The molecule has 0 saturated heterocycles. The molecule has 1 unspecified atom stereocenters. The molecule has 0 fully saturated rings. The van der Waals surface area contributed by atoms with E-state index in [0.29, 0.717) is 21.2 Å². The molecule has 0 bridgehead atoms. The lowest BCUT2D eigenvalue weighted by atomic mass is 10.0. The van der Waals surface area contributed by atoms with E-state index < -0.39 is 17.1 Å². The van der Waals surface area contributed by atoms with Crippen LogP contribution in [0.3, 0.4) is 0 Å². The molecule has 6 heteroatoms. The van der Waals surface area contributed by atoms with Crippen LogP contribution in [0.1, 0.15) is 22.1 Å². The van der Waals surface area contributed by atoms with Gasteiger partial charge in [-0.1, -0.05) is 41.4 Å². The molecule has 0 aromatic heterocycles. The van der Waals surface area contributed by atoms with Gasteiger partial charge in [-0.2, -0.15) is 13.2 Å². The number of rotatable bonds is 2. The third-order valence-corrected chi connectivity index (χ3v) is 3.79. The van der Waals surface area contributed by atoms with Gasteiger partial charge < -0.3 is 0 Å². The number of hydrogen-bond acceptors (Lipinski definition) is 0. The monoisotopic (exact) mass is 338 g/mol. The SMILES string of the molecule is FC(F)(F)c1cccc(C(Cl)c2ccc(Cl)cc2Cl)c1. The van der Waals surface area contributed by atoms with E-state index in [2.05, 4.69) is 0 Å². The molecule has 0 heterocycles. The van der Waals surface area contributed by atoms with Crippen molar-refractivity contribution in [1.29, 1.82) is 0 Å². The topological polar surface area (TPSA) is 0 Å². The Bertz CT molecular complexity index is 623. The third-order valence-electron chi connectivity index (χ3n) is 2.74. The average molecular weight is 340 g/mol. The summed E-state index contributed by atoms with van der Waals surface area (Å²) in [4.78, 5) is 0. The van der Waals surface area contributed by atoms with Crippen LogP contribution in [0.5, 0.6) is 0 Å². The first-order chi connectivity index (χ1) is 9.29. The Kier molecular flexibility index (Phi) is 4.52. The minimum absolute atomic E-state index is 0.315. The van der Waals surface area contributed by atoms with Crippen LogP contribution in [0.25, 0.3) is 0 Å². The van der Waals surface area contributed by atoms with Crippen molar-refractivity contribution in [2.45, 2.75) is 11.6 Å². The van der Waals surface area contributed by atoms with Gasteiger partial charge in [-0.05, 0) is 35.4 Å². The molecule has 20 heavy (non-hydrogen) atoms. The molecule has 0 aliphatic heterocycles. The molecule has 0 aliphatic rings. The fourth-order valence-corrected chi connectivity index (χ4v) is 2.66. The zero-order valence-electron chi connectivity index (χ0n) is 9.89. The maximum absolute atomic E-state index is 12.7. The summed E-state index contributed by atoms with van der Waals surface area (Å²) in [5.74, 6) is 0. The Morgan fingerprint density at radius 3 is 2.25 bits per heavy atom. The summed E-state index contributed by atoms with van der Waals surface area (Å²) < 4.78 is 38.0. The molecule has 1 atom stereocenters. The van der Waals surface area contributed by atoms with Crippen molar-refractivity contribution in [3.8, 4) is 0 Å². The van der Waals surface area contributed by atoms with Gasteiger partial charge in [0.2, 0.25) is 0 Å². The summed E-state index contributed by atoms with van der Waals surface area (Å²) >= 11 is 18.0. The van der Waals surface area contributed by atoms with Crippen LogP contribution in [0.15, 0.2) is 42.5 Å². The molecule has 0 amide bonds. The van der Waals surface area contributed by atoms with E-state index in [-0.39, 0.29) is 0 Å². The number of benzene rings is 2. The molecular weight excluding hydrogens is 332 g/mol. The second kappa shape index (κ2) is 5.84. The van der Waals surface area contributed by atoms with Crippen molar-refractivity contribution >= 4 is 34.8 Å². The van der Waals surface area contributed by atoms with E-state index in [4.69, 9.17) is 34.8 Å². The maximum atomic E-state index is 12.7. The number of hydrogen-bond donors (Lipinski definition) is 0. The van der Waals surface area contributed by atoms with Crippen molar-refractivity contribution in [1.82, 2.24) is 0 Å². The van der Waals surface area contributed by atoms with Gasteiger partial charge in [0.25, 0.3) is 0 Å². The van der Waals surface area contributed by atoms with E-state index >= 15 is 0 Å². The molecule has 106 valence electrons. The normalized spacial score (nSPS) is 13.3.